The summed E-state index contributed by atoms with van der Waals surface area (Å²) in [5, 5.41) is 7.07. The van der Waals surface area contributed by atoms with Crippen LogP contribution >= 0.6 is 11.3 Å². The van der Waals surface area contributed by atoms with Crippen molar-refractivity contribution in [3.05, 3.63) is 36.4 Å². The maximum absolute atomic E-state index is 10.7. The molecule has 0 atom stereocenters. The molecule has 21 heavy (non-hydrogen) atoms. The number of aryl methyl sites for hydroxylation is 1. The molecule has 1 amide bonds. The second-order valence-corrected chi connectivity index (χ2v) is 5.38. The van der Waals surface area contributed by atoms with Gasteiger partial charge in [-0.3, -0.25) is 14.0 Å². The van der Waals surface area contributed by atoms with Crippen molar-refractivity contribution in [1.29, 1.82) is 0 Å². The molecule has 0 fully saturated rings. The predicted molar refractivity (Wildman–Crippen MR) is 78.9 cm³/mol. The van der Waals surface area contributed by atoms with Gasteiger partial charge in [0.1, 0.15) is 0 Å². The zero-order valence-electron chi connectivity index (χ0n) is 11.2. The Balaban J connectivity index is 1.78. The Labute approximate surface area is 125 Å². The van der Waals surface area contributed by atoms with E-state index in [1.54, 1.807) is 34.6 Å². The summed E-state index contributed by atoms with van der Waals surface area (Å²) in [7, 11) is 0. The summed E-state index contributed by atoms with van der Waals surface area (Å²) in [4.78, 5) is 19.4. The molecule has 0 saturated carbocycles. The van der Waals surface area contributed by atoms with Gasteiger partial charge in [0, 0.05) is 43.1 Å². The Hall–Kier alpha value is -2.48. The van der Waals surface area contributed by atoms with Gasteiger partial charge in [-0.05, 0) is 6.42 Å². The number of primary amides is 1. The van der Waals surface area contributed by atoms with E-state index in [9.17, 15) is 4.79 Å². The van der Waals surface area contributed by atoms with E-state index in [0.29, 0.717) is 19.4 Å². The Morgan fingerprint density at radius 2 is 2.24 bits per heavy atom. The van der Waals surface area contributed by atoms with Gasteiger partial charge in [0.15, 0.2) is 10.8 Å². The van der Waals surface area contributed by atoms with Crippen LogP contribution in [0.1, 0.15) is 12.8 Å². The van der Waals surface area contributed by atoms with Gasteiger partial charge in [0.25, 0.3) is 0 Å². The van der Waals surface area contributed by atoms with Crippen molar-refractivity contribution in [2.24, 2.45) is 5.73 Å². The molecule has 7 nitrogen and oxygen atoms in total. The highest BCUT2D eigenvalue weighted by Gasteiger charge is 2.11. The molecule has 0 saturated heterocycles. The molecule has 0 radical (unpaired) electrons. The van der Waals surface area contributed by atoms with E-state index in [-0.39, 0.29) is 5.91 Å². The number of imidazole rings is 1. The number of rotatable bonds is 6. The number of amides is 1. The van der Waals surface area contributed by atoms with Crippen LogP contribution in [0.2, 0.25) is 0 Å². The lowest BCUT2D eigenvalue weighted by Gasteiger charge is -2.02. The van der Waals surface area contributed by atoms with Crippen LogP contribution in [-0.2, 0) is 11.3 Å². The summed E-state index contributed by atoms with van der Waals surface area (Å²) in [5.74, 6) is 0.504. The number of nitrogens with two attached hydrogens (primary N) is 1. The molecule has 0 aliphatic heterocycles. The van der Waals surface area contributed by atoms with Crippen LogP contribution in [0.5, 0.6) is 0 Å². The molecule has 3 heterocycles. The number of carbonyl (C=O) groups is 1. The zero-order valence-corrected chi connectivity index (χ0v) is 12.0. The van der Waals surface area contributed by atoms with E-state index < -0.39 is 0 Å². The highest BCUT2D eigenvalue weighted by Crippen LogP contribution is 2.22. The van der Waals surface area contributed by atoms with Crippen molar-refractivity contribution in [2.45, 2.75) is 19.4 Å². The third kappa shape index (κ3) is 3.00. The zero-order chi connectivity index (χ0) is 14.7. The second-order valence-electron chi connectivity index (χ2n) is 4.49. The van der Waals surface area contributed by atoms with Crippen molar-refractivity contribution in [3.63, 3.8) is 0 Å². The molecular formula is C13H14N6OS. The average Bonchev–Trinajstić information content (AvgIpc) is 3.19. The number of thiazole rings is 1. The molecule has 3 rings (SSSR count). The molecule has 0 aliphatic rings. The Kier molecular flexibility index (Phi) is 3.78. The fraction of sp³-hybridized carbons (Fsp3) is 0.231. The minimum Gasteiger partial charge on any atom is -0.370 e. The Bertz CT molecular complexity index is 730. The van der Waals surface area contributed by atoms with Gasteiger partial charge < -0.3 is 5.73 Å². The molecular weight excluding hydrogens is 288 g/mol. The molecule has 108 valence electrons. The summed E-state index contributed by atoms with van der Waals surface area (Å²) >= 11 is 1.54. The number of aromatic nitrogens is 5. The van der Waals surface area contributed by atoms with Gasteiger partial charge in [-0.15, -0.1) is 11.3 Å². The summed E-state index contributed by atoms with van der Waals surface area (Å²) in [6.07, 6.45) is 10.1. The van der Waals surface area contributed by atoms with Crippen LogP contribution in [-0.4, -0.2) is 30.2 Å². The lowest BCUT2D eigenvalue weighted by atomic mass is 10.3. The summed E-state index contributed by atoms with van der Waals surface area (Å²) in [5.41, 5.74) is 6.04. The summed E-state index contributed by atoms with van der Waals surface area (Å²) in [6.45, 7) is 0.657. The first-order valence-electron chi connectivity index (χ1n) is 6.48. The lowest BCUT2D eigenvalue weighted by molar-refractivity contribution is -0.118. The van der Waals surface area contributed by atoms with Crippen molar-refractivity contribution >= 4 is 17.2 Å². The van der Waals surface area contributed by atoms with Gasteiger partial charge in [0.2, 0.25) is 5.91 Å². The maximum Gasteiger partial charge on any atom is 0.217 e. The largest absolute Gasteiger partial charge is 0.370 e. The Morgan fingerprint density at radius 3 is 3.00 bits per heavy atom. The van der Waals surface area contributed by atoms with E-state index in [4.69, 9.17) is 5.73 Å². The monoisotopic (exact) mass is 302 g/mol. The lowest BCUT2D eigenvalue weighted by Crippen LogP contribution is -2.11. The van der Waals surface area contributed by atoms with Crippen LogP contribution in [0.15, 0.2) is 36.4 Å². The van der Waals surface area contributed by atoms with Gasteiger partial charge >= 0.3 is 0 Å². The fourth-order valence-electron chi connectivity index (χ4n) is 2.02. The highest BCUT2D eigenvalue weighted by molar-refractivity contribution is 7.13. The first-order chi connectivity index (χ1) is 10.2. The molecule has 0 spiro atoms. The smallest absolute Gasteiger partial charge is 0.217 e. The van der Waals surface area contributed by atoms with Crippen LogP contribution in [0.4, 0.5) is 0 Å². The highest BCUT2D eigenvalue weighted by atomic mass is 32.1. The number of hydrogen-bond acceptors (Lipinski definition) is 5. The molecule has 0 aliphatic carbocycles. The van der Waals surface area contributed by atoms with E-state index in [1.807, 2.05) is 22.3 Å². The average molecular weight is 302 g/mol. The molecule has 2 N–H and O–H groups in total. The Morgan fingerprint density at radius 1 is 1.33 bits per heavy atom. The van der Waals surface area contributed by atoms with Gasteiger partial charge in [0.05, 0.1) is 11.9 Å². The number of carbonyl (C=O) groups excluding carboxylic acids is 1. The first kappa shape index (κ1) is 13.5. The molecule has 0 bridgehead atoms. The van der Waals surface area contributed by atoms with E-state index in [0.717, 1.165) is 16.5 Å². The molecule has 3 aromatic rings. The van der Waals surface area contributed by atoms with Crippen LogP contribution in [0.25, 0.3) is 16.5 Å². The van der Waals surface area contributed by atoms with Crippen molar-refractivity contribution in [3.8, 4) is 16.5 Å². The van der Waals surface area contributed by atoms with Crippen LogP contribution in [0, 0.1) is 0 Å². The van der Waals surface area contributed by atoms with Crippen LogP contribution < -0.4 is 5.73 Å². The fourth-order valence-corrected chi connectivity index (χ4v) is 2.65. The SMILES string of the molecule is NC(=O)CCCn1cc(-n2ccnc2-c2nccs2)cn1. The summed E-state index contributed by atoms with van der Waals surface area (Å²) in [6, 6.07) is 0. The third-order valence-corrected chi connectivity index (χ3v) is 3.74. The normalized spacial score (nSPS) is 10.9. The van der Waals surface area contributed by atoms with E-state index in [1.165, 1.54) is 0 Å². The maximum atomic E-state index is 10.7. The minimum atomic E-state index is -0.289. The topological polar surface area (TPSA) is 91.6 Å². The standard InChI is InChI=1S/C13H14N6OS/c14-11(20)2-1-5-18-9-10(8-17-18)19-6-3-15-12(19)13-16-4-7-21-13/h3-4,6-9H,1-2,5H2,(H2,14,20). The van der Waals surface area contributed by atoms with Crippen molar-refractivity contribution in [2.75, 3.05) is 0 Å². The molecule has 0 aromatic carbocycles. The quantitative estimate of drug-likeness (QED) is 0.746. The van der Waals surface area contributed by atoms with Gasteiger partial charge in [-0.1, -0.05) is 0 Å². The summed E-state index contributed by atoms with van der Waals surface area (Å²) < 4.78 is 3.74. The van der Waals surface area contributed by atoms with Crippen molar-refractivity contribution in [1.82, 2.24) is 24.3 Å². The van der Waals surface area contributed by atoms with E-state index in [2.05, 4.69) is 15.1 Å². The predicted octanol–water partition coefficient (Wildman–Crippen LogP) is 1.46. The van der Waals surface area contributed by atoms with Gasteiger partial charge in [-0.2, -0.15) is 5.10 Å². The first-order valence-corrected chi connectivity index (χ1v) is 7.36. The third-order valence-electron chi connectivity index (χ3n) is 2.97. The number of nitrogens with zero attached hydrogens (tertiary/aromatic N) is 5. The molecule has 8 heteroatoms. The van der Waals surface area contributed by atoms with E-state index >= 15 is 0 Å². The number of hydrogen-bond donors (Lipinski definition) is 1. The minimum absolute atomic E-state index is 0.289. The van der Waals surface area contributed by atoms with Crippen LogP contribution in [0.3, 0.4) is 0 Å². The second kappa shape index (κ2) is 5.88. The molecule has 3 aromatic heterocycles. The van der Waals surface area contributed by atoms with Crippen molar-refractivity contribution < 1.29 is 4.79 Å². The van der Waals surface area contributed by atoms with Gasteiger partial charge in [-0.25, -0.2) is 9.97 Å². The molecule has 0 unspecified atom stereocenters.